The molecule has 0 aliphatic heterocycles. The molecule has 7 nitrogen and oxygen atoms in total. The number of carboxylic acid groups (broad SMARTS) is 1. The molecular formula is C25H38N2O5. The number of hydrogen-bond acceptors (Lipinski definition) is 5. The minimum atomic E-state index is -0.929. The topological polar surface area (TPSA) is 90.3 Å². The number of hydrogen-bond donors (Lipinski definition) is 2. The van der Waals surface area contributed by atoms with E-state index in [-0.39, 0.29) is 18.9 Å². The van der Waals surface area contributed by atoms with E-state index in [2.05, 4.69) is 4.90 Å². The van der Waals surface area contributed by atoms with E-state index in [9.17, 15) is 19.8 Å². The Balaban J connectivity index is 1.77. The molecule has 7 heteroatoms. The van der Waals surface area contributed by atoms with E-state index in [0.29, 0.717) is 18.6 Å². The van der Waals surface area contributed by atoms with Crippen molar-refractivity contribution < 1.29 is 24.6 Å². The van der Waals surface area contributed by atoms with Gasteiger partial charge in [0, 0.05) is 17.9 Å². The minimum absolute atomic E-state index is 0.0344. The van der Waals surface area contributed by atoms with Gasteiger partial charge in [0.05, 0.1) is 18.6 Å². The molecule has 0 bridgehead atoms. The fraction of sp³-hybridized carbons (Fsp3) is 0.680. The van der Waals surface area contributed by atoms with Crippen molar-refractivity contribution in [1.29, 1.82) is 0 Å². The Morgan fingerprint density at radius 3 is 2.53 bits per heavy atom. The molecule has 2 aliphatic carbocycles. The average Bonchev–Trinajstić information content (AvgIpc) is 2.75. The lowest BCUT2D eigenvalue weighted by Gasteiger charge is -2.42. The molecule has 0 aromatic heterocycles. The highest BCUT2D eigenvalue weighted by Gasteiger charge is 2.41. The zero-order valence-corrected chi connectivity index (χ0v) is 19.5. The molecule has 0 heterocycles. The number of hydroxylamine groups is 2. The number of benzene rings is 1. The van der Waals surface area contributed by atoms with E-state index in [1.807, 2.05) is 32.3 Å². The quantitative estimate of drug-likeness (QED) is 0.420. The highest BCUT2D eigenvalue weighted by molar-refractivity contribution is 5.67. The summed E-state index contributed by atoms with van der Waals surface area (Å²) in [6, 6.07) is 7.38. The van der Waals surface area contributed by atoms with E-state index in [0.717, 1.165) is 63.5 Å². The molecule has 32 heavy (non-hydrogen) atoms. The van der Waals surface area contributed by atoms with Crippen LogP contribution < -0.4 is 4.84 Å². The standard InChI is InChI=1S/C25H38N2O5/c1-26(2)17-21-9-4-7-14-25(21,31)20-10-8-11-22(15-20)32-27(19-28)18-24(16-23(29)30)12-5-3-6-13-24/h8,10-11,15,19,21,31H,3-7,9,12-14,16-18H2,1-2H3,(H,29,30). The summed E-state index contributed by atoms with van der Waals surface area (Å²) in [6.45, 7) is 1.06. The number of aliphatic carboxylic acids is 1. The largest absolute Gasteiger partial charge is 0.481 e. The molecule has 0 saturated heterocycles. The lowest BCUT2D eigenvalue weighted by atomic mass is 9.71. The van der Waals surface area contributed by atoms with Crippen LogP contribution in [0.15, 0.2) is 24.3 Å². The van der Waals surface area contributed by atoms with Crippen molar-refractivity contribution in [3.05, 3.63) is 29.8 Å². The molecule has 3 rings (SSSR count). The van der Waals surface area contributed by atoms with Crippen molar-refractivity contribution >= 4 is 12.4 Å². The van der Waals surface area contributed by atoms with Crippen molar-refractivity contribution in [2.75, 3.05) is 27.2 Å². The van der Waals surface area contributed by atoms with Crippen molar-refractivity contribution in [2.24, 2.45) is 11.3 Å². The molecular weight excluding hydrogens is 408 g/mol. The maximum absolute atomic E-state index is 11.8. The van der Waals surface area contributed by atoms with Gasteiger partial charge in [0.25, 0.3) is 0 Å². The third-order valence-electron chi connectivity index (χ3n) is 7.23. The summed E-state index contributed by atoms with van der Waals surface area (Å²) in [5.41, 5.74) is -0.576. The molecule has 2 unspecified atom stereocenters. The maximum atomic E-state index is 11.8. The number of carbonyl (C=O) groups excluding carboxylic acids is 1. The van der Waals surface area contributed by atoms with Crippen LogP contribution in [-0.2, 0) is 15.2 Å². The normalized spacial score (nSPS) is 25.3. The summed E-state index contributed by atoms with van der Waals surface area (Å²) >= 11 is 0. The maximum Gasteiger partial charge on any atom is 0.303 e. The van der Waals surface area contributed by atoms with Crippen molar-refractivity contribution in [1.82, 2.24) is 9.96 Å². The smallest absolute Gasteiger partial charge is 0.303 e. The molecule has 2 saturated carbocycles. The molecule has 2 fully saturated rings. The molecule has 0 spiro atoms. The third-order valence-corrected chi connectivity index (χ3v) is 7.23. The van der Waals surface area contributed by atoms with Crippen LogP contribution in [0.5, 0.6) is 5.75 Å². The van der Waals surface area contributed by atoms with Gasteiger partial charge in [-0.15, -0.1) is 0 Å². The zero-order chi connectivity index (χ0) is 23.2. The van der Waals surface area contributed by atoms with E-state index in [1.165, 1.54) is 5.06 Å². The zero-order valence-electron chi connectivity index (χ0n) is 19.5. The van der Waals surface area contributed by atoms with Crippen LogP contribution in [0, 0.1) is 11.3 Å². The molecule has 1 aromatic rings. The van der Waals surface area contributed by atoms with Gasteiger partial charge < -0.3 is 20.0 Å². The number of rotatable bonds is 10. The molecule has 2 N–H and O–H groups in total. The Morgan fingerprint density at radius 2 is 1.88 bits per heavy atom. The minimum Gasteiger partial charge on any atom is -0.481 e. The van der Waals surface area contributed by atoms with Crippen LogP contribution in [0.4, 0.5) is 0 Å². The van der Waals surface area contributed by atoms with Gasteiger partial charge in [-0.1, -0.05) is 44.2 Å². The number of carboxylic acids is 1. The third kappa shape index (κ3) is 6.01. The van der Waals surface area contributed by atoms with E-state index < -0.39 is 17.0 Å². The van der Waals surface area contributed by atoms with Crippen LogP contribution >= 0.6 is 0 Å². The van der Waals surface area contributed by atoms with Crippen LogP contribution in [0.25, 0.3) is 0 Å². The second kappa shape index (κ2) is 10.7. The highest BCUT2D eigenvalue weighted by atomic mass is 16.7. The predicted octanol–water partition coefficient (Wildman–Crippen LogP) is 3.80. The van der Waals surface area contributed by atoms with Crippen molar-refractivity contribution in [3.63, 3.8) is 0 Å². The molecule has 1 amide bonds. The van der Waals surface area contributed by atoms with Crippen LogP contribution in [0.2, 0.25) is 0 Å². The van der Waals surface area contributed by atoms with Gasteiger partial charge in [-0.05, 0) is 57.5 Å². The average molecular weight is 447 g/mol. The first-order valence-corrected chi connectivity index (χ1v) is 11.9. The first kappa shape index (κ1) is 24.5. The molecule has 2 atom stereocenters. The molecule has 2 aliphatic rings. The van der Waals surface area contributed by atoms with Crippen molar-refractivity contribution in [2.45, 2.75) is 69.8 Å². The Morgan fingerprint density at radius 1 is 1.16 bits per heavy atom. The summed E-state index contributed by atoms with van der Waals surface area (Å²) in [5, 5.41) is 22.3. The van der Waals surface area contributed by atoms with Crippen LogP contribution in [0.3, 0.4) is 0 Å². The van der Waals surface area contributed by atoms with Crippen molar-refractivity contribution in [3.8, 4) is 5.75 Å². The van der Waals surface area contributed by atoms with Crippen LogP contribution in [0.1, 0.15) is 69.8 Å². The van der Waals surface area contributed by atoms with E-state index >= 15 is 0 Å². The Hall–Kier alpha value is -2.12. The van der Waals surface area contributed by atoms with Gasteiger partial charge in [0.15, 0.2) is 5.75 Å². The van der Waals surface area contributed by atoms with E-state index in [1.54, 1.807) is 6.07 Å². The summed E-state index contributed by atoms with van der Waals surface area (Å²) in [5.74, 6) is -0.227. The first-order chi connectivity index (χ1) is 15.3. The second-order valence-electron chi connectivity index (χ2n) is 10.1. The van der Waals surface area contributed by atoms with Gasteiger partial charge in [-0.25, -0.2) is 0 Å². The second-order valence-corrected chi connectivity index (χ2v) is 10.1. The lowest BCUT2D eigenvalue weighted by molar-refractivity contribution is -0.154. The fourth-order valence-electron chi connectivity index (χ4n) is 5.68. The lowest BCUT2D eigenvalue weighted by Crippen LogP contribution is -2.43. The van der Waals surface area contributed by atoms with Gasteiger partial charge in [-0.3, -0.25) is 9.59 Å². The van der Waals surface area contributed by atoms with Gasteiger partial charge in [0.2, 0.25) is 6.41 Å². The summed E-state index contributed by atoms with van der Waals surface area (Å²) in [4.78, 5) is 31.3. The Bertz CT molecular complexity index is 777. The summed E-state index contributed by atoms with van der Waals surface area (Å²) in [7, 11) is 4.05. The van der Waals surface area contributed by atoms with Gasteiger partial charge in [-0.2, -0.15) is 5.06 Å². The van der Waals surface area contributed by atoms with Gasteiger partial charge in [0.1, 0.15) is 0 Å². The first-order valence-electron chi connectivity index (χ1n) is 11.9. The number of nitrogens with zero attached hydrogens (tertiary/aromatic N) is 2. The van der Waals surface area contributed by atoms with Crippen LogP contribution in [-0.4, -0.2) is 59.7 Å². The number of amides is 1. The number of aliphatic hydroxyl groups is 1. The SMILES string of the molecule is CN(C)CC1CCCCC1(O)c1cccc(ON(C=O)CC2(CC(=O)O)CCCCC2)c1. The summed E-state index contributed by atoms with van der Waals surface area (Å²) in [6.07, 6.45) is 9.01. The monoisotopic (exact) mass is 446 g/mol. The number of carbonyl (C=O) groups is 2. The predicted molar refractivity (Wildman–Crippen MR) is 122 cm³/mol. The molecule has 0 radical (unpaired) electrons. The van der Waals surface area contributed by atoms with E-state index in [4.69, 9.17) is 4.84 Å². The molecule has 1 aromatic carbocycles. The summed E-state index contributed by atoms with van der Waals surface area (Å²) < 4.78 is 0. The molecule has 178 valence electrons. The fourth-order valence-corrected chi connectivity index (χ4v) is 5.68. The Labute approximate surface area is 191 Å². The van der Waals surface area contributed by atoms with Gasteiger partial charge >= 0.3 is 5.97 Å². The Kier molecular flexibility index (Phi) is 8.17. The highest BCUT2D eigenvalue weighted by Crippen LogP contribution is 2.43.